The molecule has 0 unspecified atom stereocenters. The first-order chi connectivity index (χ1) is 17.5. The van der Waals surface area contributed by atoms with Crippen LogP contribution in [0.5, 0.6) is 5.75 Å². The number of carbonyl (C=O) groups is 3. The van der Waals surface area contributed by atoms with Crippen molar-refractivity contribution in [3.8, 4) is 5.75 Å². The van der Waals surface area contributed by atoms with E-state index in [9.17, 15) is 14.4 Å². The summed E-state index contributed by atoms with van der Waals surface area (Å²) in [6, 6.07) is 13.7. The molecule has 1 aliphatic heterocycles. The first-order valence-corrected chi connectivity index (χ1v) is 13.5. The third-order valence-electron chi connectivity index (χ3n) is 5.91. The molecule has 0 spiro atoms. The largest absolute Gasteiger partial charge is 0.481 e. The van der Waals surface area contributed by atoms with E-state index in [0.29, 0.717) is 23.8 Å². The van der Waals surface area contributed by atoms with E-state index in [1.165, 1.54) is 16.7 Å². The number of rotatable bonds is 9. The van der Waals surface area contributed by atoms with E-state index in [1.54, 1.807) is 0 Å². The van der Waals surface area contributed by atoms with Crippen LogP contribution in [0.15, 0.2) is 48.5 Å². The molecule has 3 atom stereocenters. The summed E-state index contributed by atoms with van der Waals surface area (Å²) in [7, 11) is 0. The highest BCUT2D eigenvalue weighted by Crippen LogP contribution is 2.25. The minimum absolute atomic E-state index is 0. The molecular formula is C28H38ClN3O5S. The molecule has 1 heterocycles. The summed E-state index contributed by atoms with van der Waals surface area (Å²) in [5.74, 6) is -0.0593. The number of amides is 2. The van der Waals surface area contributed by atoms with E-state index in [1.807, 2.05) is 83.1 Å². The molecule has 0 bridgehead atoms. The third-order valence-corrected chi connectivity index (χ3v) is 6.93. The Morgan fingerprint density at radius 1 is 1.08 bits per heavy atom. The smallest absolute Gasteiger partial charge is 0.345 e. The number of nitrogens with two attached hydrogens (primary N) is 1. The van der Waals surface area contributed by atoms with E-state index in [0.717, 1.165) is 16.7 Å². The van der Waals surface area contributed by atoms with Gasteiger partial charge in [-0.15, -0.1) is 24.2 Å². The second-order valence-corrected chi connectivity index (χ2v) is 11.3. The predicted molar refractivity (Wildman–Crippen MR) is 153 cm³/mol. The molecule has 2 aromatic carbocycles. The fourth-order valence-corrected chi connectivity index (χ4v) is 5.31. The monoisotopic (exact) mass is 563 g/mol. The van der Waals surface area contributed by atoms with Gasteiger partial charge in [-0.05, 0) is 57.7 Å². The van der Waals surface area contributed by atoms with Crippen molar-refractivity contribution in [2.24, 2.45) is 5.73 Å². The number of nitrogens with zero attached hydrogens (tertiary/aromatic N) is 1. The number of aryl methyl sites for hydroxylation is 2. The van der Waals surface area contributed by atoms with Gasteiger partial charge in [-0.3, -0.25) is 9.59 Å². The van der Waals surface area contributed by atoms with Crippen LogP contribution in [0, 0.1) is 13.8 Å². The number of hydrogen-bond acceptors (Lipinski definition) is 7. The molecule has 1 saturated heterocycles. The molecule has 8 nitrogen and oxygen atoms in total. The van der Waals surface area contributed by atoms with Crippen molar-refractivity contribution >= 4 is 42.0 Å². The Bertz CT molecular complexity index is 1090. The lowest BCUT2D eigenvalue weighted by atomic mass is 10.0. The molecule has 2 amide bonds. The van der Waals surface area contributed by atoms with Crippen LogP contribution in [0.25, 0.3) is 0 Å². The van der Waals surface area contributed by atoms with E-state index < -0.39 is 35.6 Å². The van der Waals surface area contributed by atoms with Crippen LogP contribution < -0.4 is 15.8 Å². The number of hydrogen-bond donors (Lipinski definition) is 2. The number of carbonyl (C=O) groups excluding carboxylic acids is 3. The topological polar surface area (TPSA) is 111 Å². The highest BCUT2D eigenvalue weighted by molar-refractivity contribution is 7.99. The molecule has 1 aliphatic rings. The molecule has 3 rings (SSSR count). The van der Waals surface area contributed by atoms with Gasteiger partial charge < -0.3 is 25.4 Å². The molecule has 2 aromatic rings. The number of halogens is 1. The van der Waals surface area contributed by atoms with Crippen LogP contribution in [0.1, 0.15) is 37.5 Å². The van der Waals surface area contributed by atoms with Crippen molar-refractivity contribution in [1.29, 1.82) is 0 Å². The summed E-state index contributed by atoms with van der Waals surface area (Å²) in [6.45, 7) is 9.07. The van der Waals surface area contributed by atoms with Crippen LogP contribution in [-0.2, 0) is 25.5 Å². The Morgan fingerprint density at radius 3 is 2.32 bits per heavy atom. The normalized spacial score (nSPS) is 16.7. The van der Waals surface area contributed by atoms with Gasteiger partial charge in [0, 0.05) is 11.3 Å². The Kier molecular flexibility index (Phi) is 11.5. The van der Waals surface area contributed by atoms with Crippen molar-refractivity contribution in [3.63, 3.8) is 0 Å². The van der Waals surface area contributed by atoms with Gasteiger partial charge >= 0.3 is 5.97 Å². The SMILES string of the molecule is Cc1cccc(C)c1OCC(=O)O[C@H](C(=O)N1CSC[C@H]1C(=O)NC(C)(C)C)[C@@H](N)Cc1ccccc1.Cl. The second kappa shape index (κ2) is 13.9. The molecule has 0 aliphatic carbocycles. The van der Waals surface area contributed by atoms with Crippen molar-refractivity contribution < 1.29 is 23.9 Å². The maximum absolute atomic E-state index is 13.7. The summed E-state index contributed by atoms with van der Waals surface area (Å²) >= 11 is 1.47. The molecule has 0 saturated carbocycles. The molecule has 10 heteroatoms. The average molecular weight is 564 g/mol. The Morgan fingerprint density at radius 2 is 1.71 bits per heavy atom. The Labute approximate surface area is 235 Å². The number of nitrogens with one attached hydrogen (secondary N) is 1. The maximum Gasteiger partial charge on any atom is 0.345 e. The predicted octanol–water partition coefficient (Wildman–Crippen LogP) is 3.40. The summed E-state index contributed by atoms with van der Waals surface area (Å²) in [6.07, 6.45) is -0.944. The van der Waals surface area contributed by atoms with Crippen molar-refractivity contribution in [2.45, 2.75) is 64.8 Å². The van der Waals surface area contributed by atoms with Crippen molar-refractivity contribution in [2.75, 3.05) is 18.2 Å². The molecular weight excluding hydrogens is 526 g/mol. The highest BCUT2D eigenvalue weighted by Gasteiger charge is 2.42. The average Bonchev–Trinajstić information content (AvgIpc) is 3.32. The summed E-state index contributed by atoms with van der Waals surface area (Å²) in [5.41, 5.74) is 8.72. The first-order valence-electron chi connectivity index (χ1n) is 12.3. The maximum atomic E-state index is 13.7. The fourth-order valence-electron chi connectivity index (χ4n) is 4.14. The molecule has 38 heavy (non-hydrogen) atoms. The zero-order chi connectivity index (χ0) is 27.2. The lowest BCUT2D eigenvalue weighted by Gasteiger charge is -2.31. The Balaban J connectivity index is 0.00000507. The number of para-hydroxylation sites is 1. The van der Waals surface area contributed by atoms with Crippen molar-refractivity contribution in [1.82, 2.24) is 10.2 Å². The lowest BCUT2D eigenvalue weighted by Crippen LogP contribution is -2.57. The molecule has 208 valence electrons. The van der Waals surface area contributed by atoms with Crippen LogP contribution >= 0.6 is 24.2 Å². The van der Waals surface area contributed by atoms with E-state index in [2.05, 4.69) is 5.32 Å². The minimum atomic E-state index is -1.27. The summed E-state index contributed by atoms with van der Waals surface area (Å²) < 4.78 is 11.4. The Hall–Kier alpha value is -2.75. The standard InChI is InChI=1S/C28H37N3O5S.ClH/c1-18-10-9-11-19(2)24(18)35-15-23(32)36-25(21(29)14-20-12-7-6-8-13-20)27(34)31-17-37-16-22(31)26(33)30-28(3,4)5;/h6-13,21-22,25H,14-17,29H2,1-5H3,(H,30,33);1H/t21-,22-,25-;/m0./s1. The molecule has 0 radical (unpaired) electrons. The number of thioether (sulfide) groups is 1. The zero-order valence-electron chi connectivity index (χ0n) is 22.6. The van der Waals surface area contributed by atoms with Gasteiger partial charge in [0.2, 0.25) is 5.91 Å². The quantitative estimate of drug-likeness (QED) is 0.450. The fraction of sp³-hybridized carbons (Fsp3) is 0.464. The molecule has 3 N–H and O–H groups in total. The minimum Gasteiger partial charge on any atom is -0.481 e. The first kappa shape index (κ1) is 31.5. The third kappa shape index (κ3) is 8.64. The van der Waals surface area contributed by atoms with E-state index in [4.69, 9.17) is 15.2 Å². The summed E-state index contributed by atoms with van der Waals surface area (Å²) in [5, 5.41) is 2.94. The van der Waals surface area contributed by atoms with Gasteiger partial charge in [0.1, 0.15) is 11.8 Å². The van der Waals surface area contributed by atoms with Gasteiger partial charge in [-0.2, -0.15) is 0 Å². The van der Waals surface area contributed by atoms with E-state index >= 15 is 0 Å². The molecule has 1 fully saturated rings. The van der Waals surface area contributed by atoms with Gasteiger partial charge in [0.25, 0.3) is 5.91 Å². The summed E-state index contributed by atoms with van der Waals surface area (Å²) in [4.78, 5) is 41.0. The number of ether oxygens (including phenoxy) is 2. The van der Waals surface area contributed by atoms with Gasteiger partial charge in [0.05, 0.1) is 11.9 Å². The molecule has 0 aromatic heterocycles. The lowest BCUT2D eigenvalue weighted by molar-refractivity contribution is -0.164. The number of benzene rings is 2. The second-order valence-electron chi connectivity index (χ2n) is 10.3. The van der Waals surface area contributed by atoms with Gasteiger partial charge in [-0.25, -0.2) is 4.79 Å². The van der Waals surface area contributed by atoms with Crippen LogP contribution in [0.3, 0.4) is 0 Å². The van der Waals surface area contributed by atoms with E-state index in [-0.39, 0.29) is 24.9 Å². The van der Waals surface area contributed by atoms with Crippen LogP contribution in [-0.4, -0.2) is 64.6 Å². The van der Waals surface area contributed by atoms with Gasteiger partial charge in [-0.1, -0.05) is 48.5 Å². The van der Waals surface area contributed by atoms with Crippen LogP contribution in [0.4, 0.5) is 0 Å². The number of esters is 1. The zero-order valence-corrected chi connectivity index (χ0v) is 24.2. The van der Waals surface area contributed by atoms with Crippen molar-refractivity contribution in [3.05, 3.63) is 65.2 Å². The van der Waals surface area contributed by atoms with Gasteiger partial charge in [0.15, 0.2) is 12.7 Å². The highest BCUT2D eigenvalue weighted by atomic mass is 35.5. The van der Waals surface area contributed by atoms with Crippen LogP contribution in [0.2, 0.25) is 0 Å².